The second kappa shape index (κ2) is 7.20. The fraction of sp³-hybridized carbons (Fsp3) is 0.263. The first kappa shape index (κ1) is 15.4. The minimum absolute atomic E-state index is 0.0693. The van der Waals surface area contributed by atoms with Crippen molar-refractivity contribution in [3.8, 4) is 11.5 Å². The van der Waals surface area contributed by atoms with E-state index in [0.29, 0.717) is 6.61 Å². The summed E-state index contributed by atoms with van der Waals surface area (Å²) >= 11 is 0. The molecule has 0 amide bonds. The van der Waals surface area contributed by atoms with Crippen LogP contribution in [-0.4, -0.2) is 24.7 Å². The minimum atomic E-state index is 0.0693. The molecule has 0 spiro atoms. The van der Waals surface area contributed by atoms with Gasteiger partial charge >= 0.3 is 0 Å². The molecular weight excluding hydrogens is 288 g/mol. The van der Waals surface area contributed by atoms with Crippen molar-refractivity contribution in [1.82, 2.24) is 4.98 Å². The van der Waals surface area contributed by atoms with Crippen LogP contribution in [0.25, 0.3) is 10.9 Å². The molecule has 3 N–H and O–H groups in total. The Morgan fingerprint density at radius 1 is 1.09 bits per heavy atom. The molecule has 0 saturated heterocycles. The molecule has 1 unspecified atom stereocenters. The number of ether oxygens (including phenoxy) is 2. The predicted molar refractivity (Wildman–Crippen MR) is 93.1 cm³/mol. The lowest BCUT2D eigenvalue weighted by Gasteiger charge is -2.12. The highest BCUT2D eigenvalue weighted by molar-refractivity contribution is 5.84. The number of hydrogen-bond donors (Lipinski definition) is 2. The number of aromatic amines is 1. The van der Waals surface area contributed by atoms with Crippen LogP contribution in [-0.2, 0) is 6.42 Å². The predicted octanol–water partition coefficient (Wildman–Crippen LogP) is 3.52. The van der Waals surface area contributed by atoms with Crippen molar-refractivity contribution in [2.24, 2.45) is 5.73 Å². The zero-order chi connectivity index (χ0) is 16.1. The van der Waals surface area contributed by atoms with Gasteiger partial charge in [-0.3, -0.25) is 0 Å². The molecule has 3 rings (SSSR count). The maximum Gasteiger partial charge on any atom is 0.120 e. The van der Waals surface area contributed by atoms with E-state index in [1.54, 1.807) is 7.11 Å². The van der Waals surface area contributed by atoms with Crippen molar-refractivity contribution in [3.63, 3.8) is 0 Å². The standard InChI is InChI=1S/C19H22N2O2/c1-22-17-7-8-18-14(13-21-19(18)12-17)11-15(20)9-10-23-16-5-3-2-4-6-16/h2-8,12-13,15,21H,9-11,20H2,1H3. The number of H-pyrrole nitrogens is 1. The van der Waals surface area contributed by atoms with Gasteiger partial charge in [-0.05, 0) is 42.7 Å². The molecule has 1 atom stereocenters. The molecular formula is C19H22N2O2. The highest BCUT2D eigenvalue weighted by atomic mass is 16.5. The average molecular weight is 310 g/mol. The molecule has 0 bridgehead atoms. The van der Waals surface area contributed by atoms with Crippen LogP contribution in [0.3, 0.4) is 0 Å². The zero-order valence-corrected chi connectivity index (χ0v) is 13.3. The number of hydrogen-bond acceptors (Lipinski definition) is 3. The molecule has 0 aliphatic carbocycles. The van der Waals surface area contributed by atoms with Crippen LogP contribution in [0.2, 0.25) is 0 Å². The Bertz CT molecular complexity index is 752. The number of fused-ring (bicyclic) bond motifs is 1. The lowest BCUT2D eigenvalue weighted by atomic mass is 10.0. The summed E-state index contributed by atoms with van der Waals surface area (Å²) in [7, 11) is 1.67. The molecule has 120 valence electrons. The van der Waals surface area contributed by atoms with E-state index >= 15 is 0 Å². The summed E-state index contributed by atoms with van der Waals surface area (Å²) in [6, 6.07) is 16.0. The number of aromatic nitrogens is 1. The normalized spacial score (nSPS) is 12.3. The Kier molecular flexibility index (Phi) is 4.83. The first-order valence-corrected chi connectivity index (χ1v) is 7.83. The van der Waals surface area contributed by atoms with Gasteiger partial charge in [-0.25, -0.2) is 0 Å². The van der Waals surface area contributed by atoms with Crippen LogP contribution in [0.5, 0.6) is 11.5 Å². The molecule has 2 aromatic carbocycles. The van der Waals surface area contributed by atoms with Gasteiger partial charge in [-0.15, -0.1) is 0 Å². The molecule has 1 heterocycles. The third kappa shape index (κ3) is 3.85. The molecule has 23 heavy (non-hydrogen) atoms. The summed E-state index contributed by atoms with van der Waals surface area (Å²) in [5, 5.41) is 1.20. The van der Waals surface area contributed by atoms with Crippen LogP contribution < -0.4 is 15.2 Å². The number of nitrogens with two attached hydrogens (primary N) is 1. The van der Waals surface area contributed by atoms with Crippen molar-refractivity contribution >= 4 is 10.9 Å². The van der Waals surface area contributed by atoms with Crippen LogP contribution in [0, 0.1) is 0 Å². The van der Waals surface area contributed by atoms with E-state index < -0.39 is 0 Å². The SMILES string of the molecule is COc1ccc2c(CC(N)CCOc3ccccc3)c[nH]c2c1. The van der Waals surface area contributed by atoms with Crippen LogP contribution in [0.1, 0.15) is 12.0 Å². The first-order valence-electron chi connectivity index (χ1n) is 7.83. The number of benzene rings is 2. The number of para-hydroxylation sites is 1. The lowest BCUT2D eigenvalue weighted by Crippen LogP contribution is -2.25. The molecule has 1 aromatic heterocycles. The Hall–Kier alpha value is -2.46. The van der Waals surface area contributed by atoms with Gasteiger partial charge in [0.15, 0.2) is 0 Å². The van der Waals surface area contributed by atoms with E-state index in [1.165, 1.54) is 10.9 Å². The number of rotatable bonds is 7. The summed E-state index contributed by atoms with van der Waals surface area (Å²) < 4.78 is 11.0. The Labute approximate surface area is 136 Å². The minimum Gasteiger partial charge on any atom is -0.497 e. The number of methoxy groups -OCH3 is 1. The van der Waals surface area contributed by atoms with E-state index in [0.717, 1.165) is 29.9 Å². The average Bonchev–Trinajstić information content (AvgIpc) is 2.98. The molecule has 0 saturated carbocycles. The summed E-state index contributed by atoms with van der Waals surface area (Å²) in [4.78, 5) is 3.28. The van der Waals surface area contributed by atoms with Crippen molar-refractivity contribution in [2.75, 3.05) is 13.7 Å². The zero-order valence-electron chi connectivity index (χ0n) is 13.3. The molecule has 3 aromatic rings. The molecule has 0 radical (unpaired) electrons. The van der Waals surface area contributed by atoms with Gasteiger partial charge in [0, 0.05) is 29.2 Å². The third-order valence-corrected chi connectivity index (χ3v) is 3.96. The Morgan fingerprint density at radius 3 is 2.70 bits per heavy atom. The maximum atomic E-state index is 6.26. The molecule has 4 nitrogen and oxygen atoms in total. The highest BCUT2D eigenvalue weighted by Gasteiger charge is 2.10. The van der Waals surface area contributed by atoms with Crippen LogP contribution >= 0.6 is 0 Å². The van der Waals surface area contributed by atoms with Gasteiger partial charge in [-0.1, -0.05) is 18.2 Å². The van der Waals surface area contributed by atoms with Gasteiger partial charge in [0.05, 0.1) is 13.7 Å². The summed E-state index contributed by atoms with van der Waals surface area (Å²) in [5.74, 6) is 1.74. The van der Waals surface area contributed by atoms with Crippen molar-refractivity contribution in [3.05, 3.63) is 60.3 Å². The Morgan fingerprint density at radius 2 is 1.91 bits per heavy atom. The van der Waals surface area contributed by atoms with Crippen LogP contribution in [0.15, 0.2) is 54.7 Å². The molecule has 0 aliphatic heterocycles. The molecule has 4 heteroatoms. The van der Waals surface area contributed by atoms with Gasteiger partial charge in [0.25, 0.3) is 0 Å². The third-order valence-electron chi connectivity index (χ3n) is 3.96. The monoisotopic (exact) mass is 310 g/mol. The van der Waals surface area contributed by atoms with Gasteiger partial charge in [0.1, 0.15) is 11.5 Å². The summed E-state index contributed by atoms with van der Waals surface area (Å²) in [6.45, 7) is 0.626. The van der Waals surface area contributed by atoms with Crippen molar-refractivity contribution in [2.45, 2.75) is 18.9 Å². The lowest BCUT2D eigenvalue weighted by molar-refractivity contribution is 0.297. The van der Waals surface area contributed by atoms with Crippen molar-refractivity contribution in [1.29, 1.82) is 0 Å². The fourth-order valence-corrected chi connectivity index (χ4v) is 2.69. The highest BCUT2D eigenvalue weighted by Crippen LogP contribution is 2.24. The maximum absolute atomic E-state index is 6.26. The number of nitrogens with one attached hydrogen (secondary N) is 1. The second-order valence-electron chi connectivity index (χ2n) is 5.64. The summed E-state index contributed by atoms with van der Waals surface area (Å²) in [5.41, 5.74) is 8.56. The van der Waals surface area contributed by atoms with E-state index in [4.69, 9.17) is 15.2 Å². The van der Waals surface area contributed by atoms with E-state index in [2.05, 4.69) is 11.1 Å². The van der Waals surface area contributed by atoms with Gasteiger partial charge < -0.3 is 20.2 Å². The van der Waals surface area contributed by atoms with Crippen molar-refractivity contribution < 1.29 is 9.47 Å². The van der Waals surface area contributed by atoms with E-state index in [9.17, 15) is 0 Å². The quantitative estimate of drug-likeness (QED) is 0.702. The second-order valence-corrected chi connectivity index (χ2v) is 5.64. The van der Waals surface area contributed by atoms with Gasteiger partial charge in [-0.2, -0.15) is 0 Å². The smallest absolute Gasteiger partial charge is 0.120 e. The largest absolute Gasteiger partial charge is 0.497 e. The summed E-state index contributed by atoms with van der Waals surface area (Å²) in [6.07, 6.45) is 3.67. The van der Waals surface area contributed by atoms with Gasteiger partial charge in [0.2, 0.25) is 0 Å². The van der Waals surface area contributed by atoms with Crippen LogP contribution in [0.4, 0.5) is 0 Å². The topological polar surface area (TPSA) is 60.3 Å². The molecule has 0 aliphatic rings. The van der Waals surface area contributed by atoms with E-state index in [1.807, 2.05) is 48.7 Å². The molecule has 0 fully saturated rings. The Balaban J connectivity index is 1.56. The van der Waals surface area contributed by atoms with E-state index in [-0.39, 0.29) is 6.04 Å². The fourth-order valence-electron chi connectivity index (χ4n) is 2.69. The first-order chi connectivity index (χ1) is 11.3.